The number of amides is 3. The minimum atomic E-state index is -4.06. The Bertz CT molecular complexity index is 1840. The van der Waals surface area contributed by atoms with Gasteiger partial charge in [0, 0.05) is 54.7 Å². The van der Waals surface area contributed by atoms with Gasteiger partial charge in [-0.05, 0) is 42.9 Å². The Hall–Kier alpha value is -3.91. The molecule has 0 saturated carbocycles. The summed E-state index contributed by atoms with van der Waals surface area (Å²) in [5.41, 5.74) is 1.69. The summed E-state index contributed by atoms with van der Waals surface area (Å²) in [6.07, 6.45) is 2.18. The topological polar surface area (TPSA) is 136 Å². The summed E-state index contributed by atoms with van der Waals surface area (Å²) < 4.78 is 29.8. The Morgan fingerprint density at radius 3 is 2.47 bits per heavy atom. The highest BCUT2D eigenvalue weighted by Gasteiger charge is 2.40. The molecule has 1 aliphatic heterocycles. The number of thiazole rings is 1. The molecule has 1 aliphatic rings. The van der Waals surface area contributed by atoms with Gasteiger partial charge in [-0.3, -0.25) is 9.78 Å². The third-order valence-electron chi connectivity index (χ3n) is 8.69. The first kappa shape index (κ1) is 36.4. The van der Waals surface area contributed by atoms with Crippen molar-refractivity contribution in [3.63, 3.8) is 0 Å². The molecule has 1 fully saturated rings. The highest BCUT2D eigenvalue weighted by atomic mass is 32.2. The minimum absolute atomic E-state index is 0.0385. The fourth-order valence-electron chi connectivity index (χ4n) is 6.38. The van der Waals surface area contributed by atoms with E-state index in [0.29, 0.717) is 30.4 Å². The van der Waals surface area contributed by atoms with Gasteiger partial charge in [0.25, 0.3) is 0 Å². The predicted molar refractivity (Wildman–Crippen MR) is 191 cm³/mol. The third kappa shape index (κ3) is 8.64. The summed E-state index contributed by atoms with van der Waals surface area (Å²) in [7, 11) is -4.06. The molecule has 11 nitrogen and oxygen atoms in total. The molecular weight excluding hydrogens is 661 g/mol. The molecule has 0 bridgehead atoms. The van der Waals surface area contributed by atoms with Crippen LogP contribution in [-0.2, 0) is 27.8 Å². The van der Waals surface area contributed by atoms with Crippen LogP contribution in [0.3, 0.4) is 0 Å². The number of rotatable bonds is 15. The molecular formula is C36H46N6O5S2. The molecule has 3 heterocycles. The summed E-state index contributed by atoms with van der Waals surface area (Å²) in [5.74, 6) is -0.656. The number of hydrogen-bond acceptors (Lipinski definition) is 8. The Balaban J connectivity index is 1.40. The van der Waals surface area contributed by atoms with Gasteiger partial charge in [-0.25, -0.2) is 18.2 Å². The largest absolute Gasteiger partial charge is 0.390 e. The molecule has 2 N–H and O–H groups in total. The third-order valence-corrected chi connectivity index (χ3v) is 11.4. The van der Waals surface area contributed by atoms with Crippen LogP contribution in [0, 0.1) is 18.8 Å². The number of hydrogen-bond donors (Lipinski definition) is 2. The van der Waals surface area contributed by atoms with Crippen LogP contribution >= 0.6 is 11.3 Å². The van der Waals surface area contributed by atoms with Crippen LogP contribution in [0.25, 0.3) is 10.8 Å². The van der Waals surface area contributed by atoms with Gasteiger partial charge in [-0.15, -0.1) is 11.3 Å². The summed E-state index contributed by atoms with van der Waals surface area (Å²) in [6.45, 7) is 10.7. The molecule has 4 aromatic rings. The standard InChI is InChI=1S/C36H46N6O5S2/c1-24(2)20-41(49(46,47)33-13-9-12-28-19-37-15-14-30(28)33)22-32(43)31(18-27-10-7-6-8-11-27)39-35(44)34(25(3)4)42-17-16-40(36(42)45)21-29-23-48-26(5)38-29/h6-15,19,23-25,31-32,34,43H,16-18,20-22H2,1-5H3,(H,39,44)/t31-,32+,34-/m0/s1. The average molecular weight is 707 g/mol. The predicted octanol–water partition coefficient (Wildman–Crippen LogP) is 4.70. The highest BCUT2D eigenvalue weighted by molar-refractivity contribution is 7.89. The Kier molecular flexibility index (Phi) is 11.7. The van der Waals surface area contributed by atoms with E-state index in [4.69, 9.17) is 0 Å². The van der Waals surface area contributed by atoms with E-state index in [9.17, 15) is 23.1 Å². The zero-order chi connectivity index (χ0) is 35.3. The van der Waals surface area contributed by atoms with Crippen molar-refractivity contribution >= 4 is 44.1 Å². The number of fused-ring (bicyclic) bond motifs is 1. The fourth-order valence-corrected chi connectivity index (χ4v) is 8.82. The molecule has 3 atom stereocenters. The first-order valence-corrected chi connectivity index (χ1v) is 19.0. The van der Waals surface area contributed by atoms with Crippen LogP contribution in [0.2, 0.25) is 0 Å². The van der Waals surface area contributed by atoms with E-state index in [2.05, 4.69) is 15.3 Å². The van der Waals surface area contributed by atoms with Gasteiger partial charge >= 0.3 is 6.03 Å². The Morgan fingerprint density at radius 2 is 1.80 bits per heavy atom. The van der Waals surface area contributed by atoms with E-state index in [1.807, 2.05) is 76.4 Å². The number of aliphatic hydroxyl groups excluding tert-OH is 1. The second kappa shape index (κ2) is 15.8. The molecule has 0 spiro atoms. The summed E-state index contributed by atoms with van der Waals surface area (Å²) in [4.78, 5) is 39.8. The molecule has 5 rings (SSSR count). The number of pyridine rings is 1. The second-order valence-corrected chi connectivity index (χ2v) is 16.4. The minimum Gasteiger partial charge on any atom is -0.390 e. The number of aromatic nitrogens is 2. The van der Waals surface area contributed by atoms with Crippen molar-refractivity contribution in [1.29, 1.82) is 0 Å². The molecule has 49 heavy (non-hydrogen) atoms. The maximum absolute atomic E-state index is 14.2. The molecule has 2 aromatic heterocycles. The summed E-state index contributed by atoms with van der Waals surface area (Å²) >= 11 is 1.53. The van der Waals surface area contributed by atoms with Gasteiger partial charge in [0.1, 0.15) is 6.04 Å². The van der Waals surface area contributed by atoms with Crippen molar-refractivity contribution in [3.05, 3.63) is 88.6 Å². The normalized spacial score (nSPS) is 15.8. The summed E-state index contributed by atoms with van der Waals surface area (Å²) in [5, 5.41) is 19.0. The number of aliphatic hydroxyl groups is 1. The summed E-state index contributed by atoms with van der Waals surface area (Å²) in [6, 6.07) is 14.3. The van der Waals surface area contributed by atoms with E-state index < -0.39 is 34.1 Å². The SMILES string of the molecule is Cc1nc(CN2CCN([C@H](C(=O)N[C@@H](Cc3ccccc3)[C@H](O)CN(CC(C)C)S(=O)(=O)c3cccc4cnccc34)C(C)C)C2=O)cs1. The van der Waals surface area contributed by atoms with Crippen LogP contribution in [-0.4, -0.2) is 93.9 Å². The van der Waals surface area contributed by atoms with Gasteiger partial charge in [-0.1, -0.05) is 70.2 Å². The van der Waals surface area contributed by atoms with Gasteiger partial charge in [0.2, 0.25) is 15.9 Å². The van der Waals surface area contributed by atoms with Crippen LogP contribution in [0.15, 0.2) is 77.3 Å². The van der Waals surface area contributed by atoms with Gasteiger partial charge < -0.3 is 20.2 Å². The van der Waals surface area contributed by atoms with E-state index >= 15 is 0 Å². The number of carbonyl (C=O) groups is 2. The average Bonchev–Trinajstić information content (AvgIpc) is 3.64. The van der Waals surface area contributed by atoms with Crippen molar-refractivity contribution in [2.24, 2.45) is 11.8 Å². The maximum atomic E-state index is 14.2. The zero-order valence-corrected chi connectivity index (χ0v) is 30.3. The monoisotopic (exact) mass is 706 g/mol. The lowest BCUT2D eigenvalue weighted by Crippen LogP contribution is -2.57. The second-order valence-electron chi connectivity index (χ2n) is 13.4. The highest BCUT2D eigenvalue weighted by Crippen LogP contribution is 2.27. The molecule has 0 aliphatic carbocycles. The van der Waals surface area contributed by atoms with Crippen LogP contribution in [0.1, 0.15) is 44.0 Å². The van der Waals surface area contributed by atoms with Crippen LogP contribution in [0.5, 0.6) is 0 Å². The van der Waals surface area contributed by atoms with Crippen molar-refractivity contribution < 1.29 is 23.1 Å². The maximum Gasteiger partial charge on any atom is 0.321 e. The lowest BCUT2D eigenvalue weighted by atomic mass is 9.97. The van der Waals surface area contributed by atoms with E-state index in [1.54, 1.807) is 40.4 Å². The van der Waals surface area contributed by atoms with Crippen molar-refractivity contribution in [2.45, 2.75) is 70.7 Å². The molecule has 1 saturated heterocycles. The fraction of sp³-hybridized carbons (Fsp3) is 0.444. The van der Waals surface area contributed by atoms with E-state index in [1.165, 1.54) is 15.6 Å². The van der Waals surface area contributed by atoms with Gasteiger partial charge in [0.15, 0.2) is 0 Å². The van der Waals surface area contributed by atoms with Crippen molar-refractivity contribution in [2.75, 3.05) is 26.2 Å². The molecule has 2 aromatic carbocycles. The van der Waals surface area contributed by atoms with E-state index in [0.717, 1.165) is 16.3 Å². The number of sulfonamides is 1. The number of benzene rings is 2. The molecule has 13 heteroatoms. The van der Waals surface area contributed by atoms with E-state index in [-0.39, 0.29) is 42.3 Å². The quantitative estimate of drug-likeness (QED) is 0.183. The molecule has 262 valence electrons. The number of aryl methyl sites for hydroxylation is 1. The van der Waals surface area contributed by atoms with Crippen LogP contribution < -0.4 is 5.32 Å². The van der Waals surface area contributed by atoms with Crippen molar-refractivity contribution in [3.8, 4) is 0 Å². The number of nitrogens with zero attached hydrogens (tertiary/aromatic N) is 5. The molecule has 3 amide bonds. The molecule has 0 unspecified atom stereocenters. The van der Waals surface area contributed by atoms with Crippen molar-refractivity contribution in [1.82, 2.24) is 29.4 Å². The Labute approximate surface area is 293 Å². The first-order valence-electron chi connectivity index (χ1n) is 16.7. The first-order chi connectivity index (χ1) is 23.3. The number of carbonyl (C=O) groups excluding carboxylic acids is 2. The van der Waals surface area contributed by atoms with Gasteiger partial charge in [-0.2, -0.15) is 4.31 Å². The molecule has 0 radical (unpaired) electrons. The lowest BCUT2D eigenvalue weighted by Gasteiger charge is -2.34. The number of nitrogens with one attached hydrogen (secondary N) is 1. The smallest absolute Gasteiger partial charge is 0.321 e. The van der Waals surface area contributed by atoms with Gasteiger partial charge in [0.05, 0.1) is 34.3 Å². The zero-order valence-electron chi connectivity index (χ0n) is 28.7. The van der Waals surface area contributed by atoms with Crippen LogP contribution in [0.4, 0.5) is 4.79 Å². The Morgan fingerprint density at radius 1 is 1.04 bits per heavy atom. The lowest BCUT2D eigenvalue weighted by molar-refractivity contribution is -0.128. The number of urea groups is 1.